The van der Waals surface area contributed by atoms with E-state index in [0.29, 0.717) is 0 Å². The Kier molecular flexibility index (Phi) is 15.1. The van der Waals surface area contributed by atoms with Gasteiger partial charge in [-0.15, -0.1) is 0 Å². The van der Waals surface area contributed by atoms with Crippen molar-refractivity contribution in [2.75, 3.05) is 0 Å². The van der Waals surface area contributed by atoms with Gasteiger partial charge in [-0.1, -0.05) is 380 Å². The van der Waals surface area contributed by atoms with Gasteiger partial charge in [-0.2, -0.15) is 0 Å². The molecule has 17 aromatic carbocycles. The predicted octanol–water partition coefficient (Wildman–Crippen LogP) is 20.8. The molecule has 2 aliphatic carbocycles. The van der Waals surface area contributed by atoms with Gasteiger partial charge in [0, 0.05) is 10.8 Å². The van der Waals surface area contributed by atoms with Crippen LogP contribution in [0.3, 0.4) is 0 Å². The molecule has 0 nitrogen and oxygen atoms in total. The summed E-state index contributed by atoms with van der Waals surface area (Å²) in [5.41, 5.74) is 22.1. The first-order valence-electron chi connectivity index (χ1n) is 36.7. The zero-order valence-corrected chi connectivity index (χ0v) is 61.0. The van der Waals surface area contributed by atoms with Crippen molar-refractivity contribution < 1.29 is 0 Å². The summed E-state index contributed by atoms with van der Waals surface area (Å²) in [6, 6.07) is 148. The highest BCUT2D eigenvalue weighted by Gasteiger charge is 2.46. The zero-order valence-electron chi connectivity index (χ0n) is 59.0. The van der Waals surface area contributed by atoms with Crippen molar-refractivity contribution in [3.63, 3.8) is 0 Å². The van der Waals surface area contributed by atoms with Crippen molar-refractivity contribution in [2.45, 2.75) is 38.5 Å². The van der Waals surface area contributed by atoms with E-state index in [4.69, 9.17) is 0 Å². The van der Waals surface area contributed by atoms with Crippen LogP contribution in [-0.4, -0.2) is 16.1 Å². The van der Waals surface area contributed by atoms with Crippen molar-refractivity contribution in [2.24, 2.45) is 0 Å². The summed E-state index contributed by atoms with van der Waals surface area (Å²) in [5.74, 6) is 0. The van der Waals surface area contributed by atoms with E-state index in [9.17, 15) is 0 Å². The molecule has 0 heterocycles. The van der Waals surface area contributed by atoms with Gasteiger partial charge >= 0.3 is 0 Å². The van der Waals surface area contributed by atoms with E-state index in [2.05, 4.69) is 416 Å². The molecule has 0 saturated heterocycles. The minimum Gasteiger partial charge on any atom is -0.0623 e. The molecule has 2 aliphatic rings. The monoisotopic (exact) mass is 1360 g/mol. The predicted molar refractivity (Wildman–Crippen MR) is 449 cm³/mol. The van der Waals surface area contributed by atoms with Gasteiger partial charge in [0.05, 0.1) is 0 Å². The van der Waals surface area contributed by atoms with Gasteiger partial charge in [-0.05, 0) is 210 Å². The SMILES string of the molecule is CC1(C)c2cc(-c3cc(-c4ccc5c(c4)C(C)(C)c4cc([Si](c6ccccc6)(c6ccccc6)c6ccccc6)ccc4-5)cc(-c4c5ccccc5c(-c5ccccc5-c5ccc6ccccc6c5)c5ccccc45)c3)ccc2-c2ccc([Si](c3ccccc3)(c3ccccc3)c3ccccc3)cc21. The molecule has 0 unspecified atom stereocenters. The van der Waals surface area contributed by atoms with Crippen LogP contribution in [0.2, 0.25) is 0 Å². The summed E-state index contributed by atoms with van der Waals surface area (Å²) in [5, 5.41) is 18.4. The largest absolute Gasteiger partial charge is 0.179 e. The highest BCUT2D eigenvalue weighted by Crippen LogP contribution is 2.53. The molecular formula is C102H76Si2. The first-order valence-corrected chi connectivity index (χ1v) is 40.7. The molecule has 0 bridgehead atoms. The third kappa shape index (κ3) is 9.84. The molecule has 0 atom stereocenters. The Morgan fingerprint density at radius 1 is 0.173 bits per heavy atom. The smallest absolute Gasteiger partial charge is 0.0623 e. The number of rotatable bonds is 13. The Hall–Kier alpha value is -12.0. The van der Waals surface area contributed by atoms with Gasteiger partial charge in [-0.3, -0.25) is 0 Å². The Balaban J connectivity index is 0.795. The molecule has 0 aliphatic heterocycles. The standard InChI is InChI=1S/C102H76Si2/c1-101(2)95-65-71(53-57-86(95)88-59-55-83(67-97(88)101)103(77-33-11-5-12-34-77,78-35-13-6-14-36-78)79-37-15-7-16-38-79)74-62-75(64-76(63-74)99-91-47-27-29-49-93(91)100(94-50-30-28-48-92(94)99)90-46-26-25-45-85(90)73-52-51-69-31-23-24-32-70(69)61-73)72-54-58-87-89-60-56-84(68-98(89)102(3,4)96(87)66-72)104(80-39-17-8-18-40-80,81-41-19-9-20-42-81)82-43-21-10-22-44-82/h5-68H,1-4H3. The van der Waals surface area contributed by atoms with Crippen LogP contribution < -0.4 is 41.5 Å². The molecule has 0 amide bonds. The summed E-state index contributed by atoms with van der Waals surface area (Å²) in [6.45, 7) is 9.84. The molecular weight excluding hydrogens is 1280 g/mol. The van der Waals surface area contributed by atoms with E-state index in [1.165, 1.54) is 174 Å². The molecule has 0 saturated carbocycles. The molecule has 0 N–H and O–H groups in total. The average Bonchev–Trinajstić information content (AvgIpc) is 1.47. The molecule has 0 fully saturated rings. The minimum atomic E-state index is -2.82. The van der Waals surface area contributed by atoms with Gasteiger partial charge in [-0.25, -0.2) is 0 Å². The highest BCUT2D eigenvalue weighted by atomic mass is 28.3. The van der Waals surface area contributed by atoms with Gasteiger partial charge < -0.3 is 0 Å². The van der Waals surface area contributed by atoms with E-state index in [1.54, 1.807) is 0 Å². The van der Waals surface area contributed by atoms with Gasteiger partial charge in [0.1, 0.15) is 0 Å². The number of benzene rings is 17. The zero-order chi connectivity index (χ0) is 69.7. The van der Waals surface area contributed by atoms with Crippen molar-refractivity contribution >= 4 is 90.0 Å². The summed E-state index contributed by atoms with van der Waals surface area (Å²) in [6.07, 6.45) is 0. The molecule has 2 heteroatoms. The normalized spacial score (nSPS) is 13.3. The maximum Gasteiger partial charge on any atom is 0.179 e. The van der Waals surface area contributed by atoms with Crippen molar-refractivity contribution in [1.29, 1.82) is 0 Å². The fraction of sp³-hybridized carbons (Fsp3) is 0.0588. The van der Waals surface area contributed by atoms with Crippen molar-refractivity contribution in [1.82, 2.24) is 0 Å². The maximum absolute atomic E-state index is 2.82. The van der Waals surface area contributed by atoms with Crippen molar-refractivity contribution in [3.8, 4) is 77.9 Å². The summed E-state index contributed by atoms with van der Waals surface area (Å²) >= 11 is 0. The molecule has 0 spiro atoms. The second kappa shape index (κ2) is 24.9. The lowest BCUT2D eigenvalue weighted by atomic mass is 9.80. The first-order chi connectivity index (χ1) is 51.1. The molecule has 19 rings (SSSR count). The number of hydrogen-bond acceptors (Lipinski definition) is 0. The lowest BCUT2D eigenvalue weighted by Gasteiger charge is -2.35. The van der Waals surface area contributed by atoms with Crippen LogP contribution in [0.1, 0.15) is 49.9 Å². The Morgan fingerprint density at radius 2 is 0.471 bits per heavy atom. The third-order valence-corrected chi connectivity index (χ3v) is 33.1. The second-order valence-electron chi connectivity index (χ2n) is 29.7. The highest BCUT2D eigenvalue weighted by molar-refractivity contribution is 7.20. The van der Waals surface area contributed by atoms with Crippen LogP contribution in [0.25, 0.3) is 110 Å². The molecule has 492 valence electrons. The molecule has 104 heavy (non-hydrogen) atoms. The Morgan fingerprint density at radius 3 is 0.865 bits per heavy atom. The summed E-state index contributed by atoms with van der Waals surface area (Å²) in [7, 11) is -5.64. The minimum absolute atomic E-state index is 0.321. The summed E-state index contributed by atoms with van der Waals surface area (Å²) < 4.78 is 0. The second-order valence-corrected chi connectivity index (χ2v) is 37.4. The van der Waals surface area contributed by atoms with Gasteiger partial charge in [0.25, 0.3) is 0 Å². The first kappa shape index (κ1) is 62.9. The Labute approximate surface area is 612 Å². The van der Waals surface area contributed by atoms with Crippen LogP contribution in [0.4, 0.5) is 0 Å². The van der Waals surface area contributed by atoms with Crippen molar-refractivity contribution in [3.05, 3.63) is 411 Å². The summed E-state index contributed by atoms with van der Waals surface area (Å²) in [4.78, 5) is 0. The fourth-order valence-corrected chi connectivity index (χ4v) is 28.1. The lowest BCUT2D eigenvalue weighted by molar-refractivity contribution is 0.661. The van der Waals surface area contributed by atoms with Crippen LogP contribution >= 0.6 is 0 Å². The molecule has 0 aromatic heterocycles. The topological polar surface area (TPSA) is 0 Å². The van der Waals surface area contributed by atoms with Crippen LogP contribution in [0.15, 0.2) is 388 Å². The number of hydrogen-bond donors (Lipinski definition) is 0. The van der Waals surface area contributed by atoms with Crippen LogP contribution in [0.5, 0.6) is 0 Å². The van der Waals surface area contributed by atoms with Gasteiger partial charge in [0.2, 0.25) is 0 Å². The van der Waals surface area contributed by atoms with Crippen LogP contribution in [-0.2, 0) is 10.8 Å². The average molecular weight is 1360 g/mol. The Bertz CT molecular complexity index is 5690. The fourth-order valence-electron chi connectivity index (χ4n) is 18.6. The third-order valence-electron chi connectivity index (χ3n) is 23.5. The van der Waals surface area contributed by atoms with E-state index < -0.39 is 16.1 Å². The van der Waals surface area contributed by atoms with E-state index in [1.807, 2.05) is 0 Å². The van der Waals surface area contributed by atoms with E-state index >= 15 is 0 Å². The maximum atomic E-state index is 2.61. The van der Waals surface area contributed by atoms with Gasteiger partial charge in [0.15, 0.2) is 16.1 Å². The van der Waals surface area contributed by atoms with E-state index in [0.717, 1.165) is 0 Å². The molecule has 17 aromatic rings. The number of fused-ring (bicyclic) bond motifs is 9. The lowest BCUT2D eigenvalue weighted by Crippen LogP contribution is -2.74. The van der Waals surface area contributed by atoms with Crippen LogP contribution in [0, 0.1) is 0 Å². The van der Waals surface area contributed by atoms with E-state index in [-0.39, 0.29) is 10.8 Å². The molecule has 0 radical (unpaired) electrons. The quantitative estimate of drug-likeness (QED) is 0.0613.